The summed E-state index contributed by atoms with van der Waals surface area (Å²) >= 11 is 0. The highest BCUT2D eigenvalue weighted by Crippen LogP contribution is 2.12. The van der Waals surface area contributed by atoms with Gasteiger partial charge in [0, 0.05) is 12.0 Å². The number of carboxylic acid groups (broad SMARTS) is 1. The normalized spacial score (nSPS) is 11.3. The van der Waals surface area contributed by atoms with Crippen LogP contribution in [0.1, 0.15) is 28.8 Å². The molecule has 7 nitrogen and oxygen atoms in total. The molecule has 0 aliphatic rings. The molecule has 0 aliphatic heterocycles. The van der Waals surface area contributed by atoms with Crippen LogP contribution in [0.25, 0.3) is 0 Å². The molecule has 7 heteroatoms. The Morgan fingerprint density at radius 2 is 1.70 bits per heavy atom. The molecule has 0 aliphatic carbocycles. The fourth-order valence-electron chi connectivity index (χ4n) is 2.36. The van der Waals surface area contributed by atoms with E-state index in [1.165, 1.54) is 0 Å². The molecule has 0 spiro atoms. The highest BCUT2D eigenvalue weighted by Gasteiger charge is 2.22. The maximum Gasteiger partial charge on any atom is 0.408 e. The minimum absolute atomic E-state index is 0.000258. The molecule has 27 heavy (non-hydrogen) atoms. The second-order valence-corrected chi connectivity index (χ2v) is 5.79. The maximum absolute atomic E-state index is 12.1. The van der Waals surface area contributed by atoms with Crippen LogP contribution in [0, 0.1) is 0 Å². The number of ether oxygens (including phenoxy) is 2. The molecule has 0 aromatic heterocycles. The third-order valence-electron chi connectivity index (χ3n) is 3.88. The molecule has 0 heterocycles. The number of nitrogens with one attached hydrogen (secondary N) is 1. The van der Waals surface area contributed by atoms with Crippen molar-refractivity contribution in [2.24, 2.45) is 0 Å². The number of carbonyl (C=O) groups is 3. The van der Waals surface area contributed by atoms with Crippen molar-refractivity contribution in [3.63, 3.8) is 0 Å². The predicted molar refractivity (Wildman–Crippen MR) is 97.7 cm³/mol. The molecule has 2 rings (SSSR count). The first kappa shape index (κ1) is 20.0. The number of ketones is 1. The van der Waals surface area contributed by atoms with E-state index in [-0.39, 0.29) is 25.2 Å². The topological polar surface area (TPSA) is 102 Å². The van der Waals surface area contributed by atoms with Crippen molar-refractivity contribution in [2.75, 3.05) is 7.11 Å². The molecular weight excluding hydrogens is 350 g/mol. The molecule has 142 valence electrons. The summed E-state index contributed by atoms with van der Waals surface area (Å²) in [6, 6.07) is 14.3. The second-order valence-electron chi connectivity index (χ2n) is 5.79. The van der Waals surface area contributed by atoms with Crippen LogP contribution in [0.15, 0.2) is 54.6 Å². The smallest absolute Gasteiger partial charge is 0.408 e. The third kappa shape index (κ3) is 6.47. The van der Waals surface area contributed by atoms with Crippen LogP contribution in [0.3, 0.4) is 0 Å². The highest BCUT2D eigenvalue weighted by atomic mass is 16.5. The molecule has 0 saturated heterocycles. The van der Waals surface area contributed by atoms with Crippen LogP contribution in [0.4, 0.5) is 4.79 Å². The molecule has 1 unspecified atom stereocenters. The summed E-state index contributed by atoms with van der Waals surface area (Å²) in [5.41, 5.74) is 1.24. The Labute approximate surface area is 156 Å². The van der Waals surface area contributed by atoms with Crippen LogP contribution in [-0.2, 0) is 16.1 Å². The third-order valence-corrected chi connectivity index (χ3v) is 3.88. The lowest BCUT2D eigenvalue weighted by atomic mass is 10.0. The maximum atomic E-state index is 12.1. The van der Waals surface area contributed by atoms with E-state index in [1.807, 2.05) is 0 Å². The van der Waals surface area contributed by atoms with Gasteiger partial charge in [-0.15, -0.1) is 0 Å². The molecule has 0 saturated carbocycles. The molecule has 0 radical (unpaired) electrons. The first-order chi connectivity index (χ1) is 13.0. The van der Waals surface area contributed by atoms with Crippen molar-refractivity contribution in [1.29, 1.82) is 0 Å². The Kier molecular flexibility index (Phi) is 7.37. The molecule has 2 aromatic rings. The van der Waals surface area contributed by atoms with Crippen molar-refractivity contribution >= 4 is 17.8 Å². The van der Waals surface area contributed by atoms with Crippen LogP contribution >= 0.6 is 0 Å². The van der Waals surface area contributed by atoms with Gasteiger partial charge in [0.05, 0.1) is 7.11 Å². The lowest BCUT2D eigenvalue weighted by molar-refractivity contribution is -0.139. The van der Waals surface area contributed by atoms with Crippen molar-refractivity contribution in [1.82, 2.24) is 5.32 Å². The van der Waals surface area contributed by atoms with Crippen LogP contribution in [-0.4, -0.2) is 36.1 Å². The number of alkyl carbamates (subject to hydrolysis) is 1. The zero-order valence-corrected chi connectivity index (χ0v) is 14.9. The minimum Gasteiger partial charge on any atom is -0.497 e. The lowest BCUT2D eigenvalue weighted by Gasteiger charge is -2.14. The number of carboxylic acids is 1. The molecule has 0 fully saturated rings. The van der Waals surface area contributed by atoms with Gasteiger partial charge < -0.3 is 19.9 Å². The van der Waals surface area contributed by atoms with Crippen molar-refractivity contribution in [2.45, 2.75) is 25.5 Å². The van der Waals surface area contributed by atoms with E-state index < -0.39 is 18.1 Å². The number of methoxy groups -OCH3 is 1. The van der Waals surface area contributed by atoms with Crippen molar-refractivity contribution in [3.05, 3.63) is 65.7 Å². The van der Waals surface area contributed by atoms with Gasteiger partial charge in [-0.05, 0) is 24.1 Å². The van der Waals surface area contributed by atoms with E-state index in [9.17, 15) is 19.5 Å². The predicted octanol–water partition coefficient (Wildman–Crippen LogP) is 3.04. The van der Waals surface area contributed by atoms with E-state index in [0.717, 1.165) is 5.56 Å². The Bertz CT molecular complexity index is 773. The van der Waals surface area contributed by atoms with E-state index in [0.29, 0.717) is 11.3 Å². The fourth-order valence-corrected chi connectivity index (χ4v) is 2.36. The van der Waals surface area contributed by atoms with Gasteiger partial charge in [-0.3, -0.25) is 4.79 Å². The second kappa shape index (κ2) is 9.96. The van der Waals surface area contributed by atoms with Crippen LogP contribution in [0.5, 0.6) is 5.75 Å². The summed E-state index contributed by atoms with van der Waals surface area (Å²) in [6.07, 6.45) is -0.883. The Morgan fingerprint density at radius 1 is 1.04 bits per heavy atom. The number of benzene rings is 2. The summed E-state index contributed by atoms with van der Waals surface area (Å²) in [4.78, 5) is 35.3. The number of aliphatic carboxylic acids is 1. The largest absolute Gasteiger partial charge is 0.497 e. The van der Waals surface area contributed by atoms with Crippen LogP contribution < -0.4 is 10.1 Å². The summed E-state index contributed by atoms with van der Waals surface area (Å²) in [5, 5.41) is 11.5. The van der Waals surface area contributed by atoms with Gasteiger partial charge in [-0.2, -0.15) is 0 Å². The average molecular weight is 371 g/mol. The van der Waals surface area contributed by atoms with Gasteiger partial charge in [-0.25, -0.2) is 9.59 Å². The quantitative estimate of drug-likeness (QED) is 0.657. The fraction of sp³-hybridized carbons (Fsp3) is 0.250. The van der Waals surface area contributed by atoms with E-state index in [1.54, 1.807) is 61.7 Å². The average Bonchev–Trinajstić information content (AvgIpc) is 2.70. The highest BCUT2D eigenvalue weighted by molar-refractivity contribution is 5.96. The standard InChI is InChI=1S/C20H21NO6/c1-26-16-9-7-14(8-10-16)13-27-20(25)21-17(19(23)24)11-12-18(22)15-5-3-2-4-6-15/h2-10,17H,11-13H2,1H3,(H,21,25)(H,23,24). The lowest BCUT2D eigenvalue weighted by Crippen LogP contribution is -2.41. The van der Waals surface area contributed by atoms with Gasteiger partial charge in [0.2, 0.25) is 0 Å². The van der Waals surface area contributed by atoms with Crippen molar-refractivity contribution < 1.29 is 29.0 Å². The molecule has 1 atom stereocenters. The first-order valence-corrected chi connectivity index (χ1v) is 8.37. The van der Waals surface area contributed by atoms with Gasteiger partial charge in [0.25, 0.3) is 0 Å². The Morgan fingerprint density at radius 3 is 2.30 bits per heavy atom. The summed E-state index contributed by atoms with van der Waals surface area (Å²) < 4.78 is 10.1. The summed E-state index contributed by atoms with van der Waals surface area (Å²) in [7, 11) is 1.55. The monoisotopic (exact) mass is 371 g/mol. The number of carbonyl (C=O) groups excluding carboxylic acids is 2. The van der Waals surface area contributed by atoms with Crippen LogP contribution in [0.2, 0.25) is 0 Å². The number of rotatable bonds is 9. The molecule has 0 bridgehead atoms. The SMILES string of the molecule is COc1ccc(COC(=O)NC(CCC(=O)c2ccccc2)C(=O)O)cc1. The summed E-state index contributed by atoms with van der Waals surface area (Å²) in [5.74, 6) is -0.732. The van der Waals surface area contributed by atoms with E-state index in [2.05, 4.69) is 5.32 Å². The first-order valence-electron chi connectivity index (χ1n) is 8.37. The zero-order chi connectivity index (χ0) is 19.6. The van der Waals surface area contributed by atoms with Gasteiger partial charge in [0.15, 0.2) is 5.78 Å². The summed E-state index contributed by atoms with van der Waals surface area (Å²) in [6.45, 7) is -0.00882. The number of Topliss-reactive ketones (excluding diaryl/α,β-unsaturated/α-hetero) is 1. The van der Waals surface area contributed by atoms with E-state index in [4.69, 9.17) is 9.47 Å². The van der Waals surface area contributed by atoms with Crippen molar-refractivity contribution in [3.8, 4) is 5.75 Å². The minimum atomic E-state index is -1.22. The number of amides is 1. The molecule has 2 aromatic carbocycles. The Hall–Kier alpha value is -3.35. The van der Waals surface area contributed by atoms with E-state index >= 15 is 0 Å². The van der Waals surface area contributed by atoms with Gasteiger partial charge >= 0.3 is 12.1 Å². The zero-order valence-electron chi connectivity index (χ0n) is 14.9. The molecule has 2 N–H and O–H groups in total. The molecule has 1 amide bonds. The number of hydrogen-bond acceptors (Lipinski definition) is 5. The van der Waals surface area contributed by atoms with Gasteiger partial charge in [-0.1, -0.05) is 42.5 Å². The van der Waals surface area contributed by atoms with Gasteiger partial charge in [0.1, 0.15) is 18.4 Å². The Balaban J connectivity index is 1.82. The molecular formula is C20H21NO6. The number of hydrogen-bond donors (Lipinski definition) is 2.